The number of benzene rings is 2. The van der Waals surface area contributed by atoms with Crippen molar-refractivity contribution in [3.8, 4) is 0 Å². The van der Waals surface area contributed by atoms with E-state index >= 15 is 0 Å². The van der Waals surface area contributed by atoms with E-state index in [4.69, 9.17) is 0 Å². The zero-order valence-corrected chi connectivity index (χ0v) is 19.2. The summed E-state index contributed by atoms with van der Waals surface area (Å²) in [5.41, 5.74) is 5.27. The van der Waals surface area contributed by atoms with Crippen LogP contribution in [0, 0.1) is 0 Å². The summed E-state index contributed by atoms with van der Waals surface area (Å²) in [4.78, 5) is 28.3. The monoisotopic (exact) mass is 451 g/mol. The number of aromatic amines is 1. The molecular formula is C28H29N5O. The number of nitrogens with zero attached hydrogens (tertiary/aromatic N) is 4. The first-order valence-corrected chi connectivity index (χ1v) is 12.1. The number of H-pyrrole nitrogens is 1. The summed E-state index contributed by atoms with van der Waals surface area (Å²) >= 11 is 0. The lowest BCUT2D eigenvalue weighted by atomic mass is 9.94. The van der Waals surface area contributed by atoms with Gasteiger partial charge in [0.1, 0.15) is 5.69 Å². The van der Waals surface area contributed by atoms with Gasteiger partial charge in [0, 0.05) is 67.4 Å². The predicted molar refractivity (Wildman–Crippen MR) is 137 cm³/mol. The fraction of sp³-hybridized carbons (Fsp3) is 0.286. The first-order chi connectivity index (χ1) is 16.8. The summed E-state index contributed by atoms with van der Waals surface area (Å²) in [6.07, 6.45) is 5.68. The molecule has 6 nitrogen and oxygen atoms in total. The number of hydrogen-bond acceptors (Lipinski definition) is 4. The van der Waals surface area contributed by atoms with Crippen molar-refractivity contribution in [3.63, 3.8) is 0 Å². The molecule has 2 aromatic carbocycles. The van der Waals surface area contributed by atoms with Gasteiger partial charge in [0.05, 0.1) is 6.04 Å². The van der Waals surface area contributed by atoms with E-state index in [9.17, 15) is 4.79 Å². The van der Waals surface area contributed by atoms with Crippen molar-refractivity contribution in [2.75, 3.05) is 42.5 Å². The van der Waals surface area contributed by atoms with Crippen molar-refractivity contribution in [1.82, 2.24) is 14.9 Å². The summed E-state index contributed by atoms with van der Waals surface area (Å²) in [6, 6.07) is 22.6. The molecule has 4 heterocycles. The molecule has 2 aliphatic heterocycles. The van der Waals surface area contributed by atoms with Crippen LogP contribution in [0.2, 0.25) is 0 Å². The van der Waals surface area contributed by atoms with Crippen LogP contribution in [0.15, 0.2) is 79.1 Å². The van der Waals surface area contributed by atoms with Gasteiger partial charge in [-0.1, -0.05) is 30.3 Å². The van der Waals surface area contributed by atoms with Crippen LogP contribution in [0.25, 0.3) is 10.9 Å². The van der Waals surface area contributed by atoms with Crippen LogP contribution < -0.4 is 9.80 Å². The Labute approximate surface area is 199 Å². The number of piperazine rings is 1. The van der Waals surface area contributed by atoms with Crippen molar-refractivity contribution in [1.29, 1.82) is 0 Å². The maximum absolute atomic E-state index is 13.6. The quantitative estimate of drug-likeness (QED) is 0.501. The second-order valence-electron chi connectivity index (χ2n) is 9.22. The Kier molecular flexibility index (Phi) is 5.51. The number of aryl methyl sites for hydroxylation is 1. The number of carbonyl (C=O) groups is 1. The number of rotatable bonds is 4. The minimum atomic E-state index is -0.00415. The molecule has 1 N–H and O–H groups in total. The van der Waals surface area contributed by atoms with Gasteiger partial charge in [0.25, 0.3) is 5.91 Å². The highest BCUT2D eigenvalue weighted by molar-refractivity contribution is 6.06. The zero-order valence-electron chi connectivity index (χ0n) is 19.2. The Morgan fingerprint density at radius 1 is 0.912 bits per heavy atom. The van der Waals surface area contributed by atoms with Crippen LogP contribution in [-0.4, -0.2) is 59.5 Å². The van der Waals surface area contributed by atoms with Gasteiger partial charge in [-0.2, -0.15) is 0 Å². The second-order valence-corrected chi connectivity index (χ2v) is 9.22. The summed E-state index contributed by atoms with van der Waals surface area (Å²) in [5.74, 6) is -0.00415. The highest BCUT2D eigenvalue weighted by Gasteiger charge is 2.34. The van der Waals surface area contributed by atoms with Gasteiger partial charge in [-0.3, -0.25) is 14.7 Å². The normalized spacial score (nSPS) is 18.8. The molecule has 0 saturated carbocycles. The Hall–Kier alpha value is -3.64. The standard InChI is InChI=1S/C28H29N5O/c34-28(25-7-3-4-14-29-25)33-22(12-11-21-6-1-2-9-26(21)33)20-31-16-18-32(19-17-31)27-10-5-8-24-23(27)13-15-30-24/h1-10,13-15,22,30H,11-12,16-20H2. The lowest BCUT2D eigenvalue weighted by molar-refractivity contribution is 0.0958. The van der Waals surface area contributed by atoms with E-state index in [1.807, 2.05) is 35.4 Å². The molecular weight excluding hydrogens is 422 g/mol. The molecule has 2 aliphatic rings. The first-order valence-electron chi connectivity index (χ1n) is 12.1. The summed E-state index contributed by atoms with van der Waals surface area (Å²) in [6.45, 7) is 4.84. The molecule has 2 aromatic heterocycles. The van der Waals surface area contributed by atoms with Gasteiger partial charge in [0.2, 0.25) is 0 Å². The van der Waals surface area contributed by atoms with Crippen LogP contribution in [-0.2, 0) is 6.42 Å². The van der Waals surface area contributed by atoms with Crippen molar-refractivity contribution in [2.45, 2.75) is 18.9 Å². The maximum atomic E-state index is 13.6. The van der Waals surface area contributed by atoms with Gasteiger partial charge >= 0.3 is 0 Å². The minimum Gasteiger partial charge on any atom is -0.368 e. The third kappa shape index (κ3) is 3.84. The molecule has 1 unspecified atom stereocenters. The predicted octanol–water partition coefficient (Wildman–Crippen LogP) is 4.35. The SMILES string of the molecule is O=C(c1ccccn1)N1c2ccccc2CCC1CN1CCN(c2cccc3[nH]ccc23)CC1. The molecule has 0 spiro atoms. The first kappa shape index (κ1) is 20.9. The topological polar surface area (TPSA) is 55.5 Å². The Balaban J connectivity index is 1.20. The number of anilines is 2. The highest BCUT2D eigenvalue weighted by Crippen LogP contribution is 2.33. The van der Waals surface area contributed by atoms with Gasteiger partial charge < -0.3 is 14.8 Å². The van der Waals surface area contributed by atoms with Crippen molar-refractivity contribution in [2.24, 2.45) is 0 Å². The fourth-order valence-electron chi connectivity index (χ4n) is 5.48. The Morgan fingerprint density at radius 2 is 1.74 bits per heavy atom. The van der Waals surface area contributed by atoms with E-state index in [2.05, 4.69) is 62.2 Å². The second kappa shape index (κ2) is 8.95. The smallest absolute Gasteiger partial charge is 0.277 e. The third-order valence-corrected chi connectivity index (χ3v) is 7.22. The van der Waals surface area contributed by atoms with Crippen LogP contribution in [0.3, 0.4) is 0 Å². The van der Waals surface area contributed by atoms with E-state index < -0.39 is 0 Å². The van der Waals surface area contributed by atoms with Crippen LogP contribution >= 0.6 is 0 Å². The van der Waals surface area contributed by atoms with Gasteiger partial charge in [-0.15, -0.1) is 0 Å². The molecule has 34 heavy (non-hydrogen) atoms. The minimum absolute atomic E-state index is 0.00415. The van der Waals surface area contributed by atoms with Crippen LogP contribution in [0.4, 0.5) is 11.4 Å². The molecule has 0 aliphatic carbocycles. The number of amides is 1. The average Bonchev–Trinajstić information content (AvgIpc) is 3.38. The number of aromatic nitrogens is 2. The highest BCUT2D eigenvalue weighted by atomic mass is 16.2. The molecule has 1 atom stereocenters. The lowest BCUT2D eigenvalue weighted by Gasteiger charge is -2.42. The molecule has 6 rings (SSSR count). The van der Waals surface area contributed by atoms with E-state index in [0.29, 0.717) is 5.69 Å². The number of para-hydroxylation sites is 1. The van der Waals surface area contributed by atoms with Crippen molar-refractivity contribution < 1.29 is 4.79 Å². The number of carbonyl (C=O) groups excluding carboxylic acids is 1. The molecule has 1 amide bonds. The van der Waals surface area contributed by atoms with Gasteiger partial charge in [0.15, 0.2) is 0 Å². The number of hydrogen-bond donors (Lipinski definition) is 1. The Bertz CT molecular complexity index is 1290. The van der Waals surface area contributed by atoms with Gasteiger partial charge in [-0.25, -0.2) is 0 Å². The molecule has 1 saturated heterocycles. The summed E-state index contributed by atoms with van der Waals surface area (Å²) in [7, 11) is 0. The molecule has 0 radical (unpaired) electrons. The maximum Gasteiger partial charge on any atom is 0.277 e. The van der Waals surface area contributed by atoms with Crippen LogP contribution in [0.1, 0.15) is 22.5 Å². The number of fused-ring (bicyclic) bond motifs is 2. The average molecular weight is 452 g/mol. The van der Waals surface area contributed by atoms with E-state index in [1.54, 1.807) is 6.20 Å². The fourth-order valence-corrected chi connectivity index (χ4v) is 5.48. The molecule has 6 heteroatoms. The van der Waals surface area contributed by atoms with E-state index in [1.165, 1.54) is 22.2 Å². The summed E-state index contributed by atoms with van der Waals surface area (Å²) < 4.78 is 0. The third-order valence-electron chi connectivity index (χ3n) is 7.22. The van der Waals surface area contributed by atoms with Crippen molar-refractivity contribution >= 4 is 28.2 Å². The molecule has 172 valence electrons. The zero-order chi connectivity index (χ0) is 22.9. The molecule has 4 aromatic rings. The van der Waals surface area contributed by atoms with E-state index in [-0.39, 0.29) is 11.9 Å². The molecule has 1 fully saturated rings. The lowest BCUT2D eigenvalue weighted by Crippen LogP contribution is -2.54. The van der Waals surface area contributed by atoms with E-state index in [0.717, 1.165) is 51.3 Å². The summed E-state index contributed by atoms with van der Waals surface area (Å²) in [5, 5.41) is 1.28. The number of nitrogens with one attached hydrogen (secondary N) is 1. The van der Waals surface area contributed by atoms with Crippen molar-refractivity contribution in [3.05, 3.63) is 90.4 Å². The van der Waals surface area contributed by atoms with Gasteiger partial charge in [-0.05, 0) is 54.8 Å². The largest absolute Gasteiger partial charge is 0.368 e. The molecule has 0 bridgehead atoms. The Morgan fingerprint density at radius 3 is 2.59 bits per heavy atom. The number of pyridine rings is 1. The van der Waals surface area contributed by atoms with Crippen LogP contribution in [0.5, 0.6) is 0 Å².